The Balaban J connectivity index is 1.64. The van der Waals surface area contributed by atoms with Gasteiger partial charge in [-0.25, -0.2) is 8.78 Å². The van der Waals surface area contributed by atoms with Gasteiger partial charge in [-0.05, 0) is 30.3 Å². The molecule has 0 aliphatic rings. The lowest BCUT2D eigenvalue weighted by Crippen LogP contribution is -2.29. The Morgan fingerprint density at radius 1 is 1.09 bits per heavy atom. The molecular weight excluding hydrogens is 308 g/mol. The molecule has 0 saturated heterocycles. The molecule has 0 aliphatic heterocycles. The summed E-state index contributed by atoms with van der Waals surface area (Å²) in [4.78, 5) is 12.1. The number of thioether (sulfide) groups is 1. The molecule has 0 radical (unpaired) electrons. The van der Waals surface area contributed by atoms with Gasteiger partial charge in [0.05, 0.1) is 12.3 Å². The molecule has 0 heterocycles. The van der Waals surface area contributed by atoms with Gasteiger partial charge in [0.1, 0.15) is 12.4 Å². The van der Waals surface area contributed by atoms with E-state index in [2.05, 4.69) is 5.32 Å². The molecule has 6 heteroatoms. The predicted molar refractivity (Wildman–Crippen MR) is 82.0 cm³/mol. The molecule has 0 unspecified atom stereocenters. The first-order valence-corrected chi connectivity index (χ1v) is 7.66. The normalized spacial score (nSPS) is 10.3. The minimum Gasteiger partial charge on any atom is -0.492 e. The van der Waals surface area contributed by atoms with Crippen molar-refractivity contribution in [1.29, 1.82) is 0 Å². The number of benzene rings is 2. The lowest BCUT2D eigenvalue weighted by atomic mass is 10.3. The van der Waals surface area contributed by atoms with Crippen LogP contribution in [0.15, 0.2) is 53.4 Å². The van der Waals surface area contributed by atoms with E-state index in [1.54, 1.807) is 0 Å². The highest BCUT2D eigenvalue weighted by molar-refractivity contribution is 8.00. The molecule has 2 rings (SSSR count). The molecular formula is C16H15F2NO2S. The molecule has 116 valence electrons. The Bertz CT molecular complexity index is 623. The highest BCUT2D eigenvalue weighted by atomic mass is 32.2. The zero-order valence-corrected chi connectivity index (χ0v) is 12.5. The minimum absolute atomic E-state index is 0.135. The van der Waals surface area contributed by atoms with Crippen molar-refractivity contribution in [3.63, 3.8) is 0 Å². The van der Waals surface area contributed by atoms with Crippen LogP contribution >= 0.6 is 11.8 Å². The van der Waals surface area contributed by atoms with Crippen LogP contribution in [-0.2, 0) is 4.79 Å². The summed E-state index contributed by atoms with van der Waals surface area (Å²) in [6.07, 6.45) is 0. The lowest BCUT2D eigenvalue weighted by molar-refractivity contribution is -0.118. The van der Waals surface area contributed by atoms with Crippen molar-refractivity contribution in [1.82, 2.24) is 5.32 Å². The molecule has 0 aliphatic carbocycles. The third kappa shape index (κ3) is 5.37. The van der Waals surface area contributed by atoms with Crippen molar-refractivity contribution >= 4 is 17.7 Å². The fraction of sp³-hybridized carbons (Fsp3) is 0.188. The number of carbonyl (C=O) groups excluding carboxylic acids is 1. The SMILES string of the molecule is O=C(CSc1ccc(F)c(F)c1)NCCOc1ccccc1. The maximum Gasteiger partial charge on any atom is 0.230 e. The zero-order chi connectivity index (χ0) is 15.8. The smallest absolute Gasteiger partial charge is 0.230 e. The van der Waals surface area contributed by atoms with E-state index in [0.717, 1.165) is 29.6 Å². The third-order valence-electron chi connectivity index (χ3n) is 2.70. The predicted octanol–water partition coefficient (Wildman–Crippen LogP) is 3.25. The van der Waals surface area contributed by atoms with Crippen LogP contribution in [0.5, 0.6) is 5.75 Å². The maximum absolute atomic E-state index is 13.0. The van der Waals surface area contributed by atoms with Gasteiger partial charge in [0.2, 0.25) is 5.91 Å². The van der Waals surface area contributed by atoms with Gasteiger partial charge in [0.15, 0.2) is 11.6 Å². The van der Waals surface area contributed by atoms with Gasteiger partial charge in [-0.2, -0.15) is 0 Å². The average molecular weight is 323 g/mol. The number of amides is 1. The zero-order valence-electron chi connectivity index (χ0n) is 11.7. The highest BCUT2D eigenvalue weighted by Crippen LogP contribution is 2.19. The quantitative estimate of drug-likeness (QED) is 0.628. The Morgan fingerprint density at radius 2 is 1.86 bits per heavy atom. The fourth-order valence-corrected chi connectivity index (χ4v) is 2.39. The summed E-state index contributed by atoms with van der Waals surface area (Å²) in [5, 5.41) is 2.70. The number of nitrogens with one attached hydrogen (secondary N) is 1. The molecule has 0 spiro atoms. The Labute approximate surface area is 131 Å². The van der Waals surface area contributed by atoms with Crippen LogP contribution in [0.3, 0.4) is 0 Å². The topological polar surface area (TPSA) is 38.3 Å². The summed E-state index contributed by atoms with van der Waals surface area (Å²) in [7, 11) is 0. The Kier molecular flexibility index (Phi) is 6.21. The number of para-hydroxylation sites is 1. The fourth-order valence-electron chi connectivity index (χ4n) is 1.64. The molecule has 3 nitrogen and oxygen atoms in total. The lowest BCUT2D eigenvalue weighted by Gasteiger charge is -2.07. The van der Waals surface area contributed by atoms with Gasteiger partial charge < -0.3 is 10.1 Å². The molecule has 22 heavy (non-hydrogen) atoms. The van der Waals surface area contributed by atoms with E-state index >= 15 is 0 Å². The van der Waals surface area contributed by atoms with Crippen LogP contribution in [-0.4, -0.2) is 24.8 Å². The summed E-state index contributed by atoms with van der Waals surface area (Å²) in [6, 6.07) is 12.9. The van der Waals surface area contributed by atoms with Gasteiger partial charge in [-0.1, -0.05) is 18.2 Å². The van der Waals surface area contributed by atoms with Crippen molar-refractivity contribution in [3.05, 3.63) is 60.2 Å². The van der Waals surface area contributed by atoms with E-state index in [1.165, 1.54) is 6.07 Å². The summed E-state index contributed by atoms with van der Waals surface area (Å²) >= 11 is 1.15. The molecule has 1 N–H and O–H groups in total. The Morgan fingerprint density at radius 3 is 2.59 bits per heavy atom. The average Bonchev–Trinajstić information content (AvgIpc) is 2.54. The van der Waals surface area contributed by atoms with E-state index in [1.807, 2.05) is 30.3 Å². The number of hydrogen-bond donors (Lipinski definition) is 1. The van der Waals surface area contributed by atoms with Crippen molar-refractivity contribution in [2.75, 3.05) is 18.9 Å². The second-order valence-corrected chi connectivity index (χ2v) is 5.42. The van der Waals surface area contributed by atoms with Crippen molar-refractivity contribution in [3.8, 4) is 5.75 Å². The van der Waals surface area contributed by atoms with Crippen LogP contribution in [0.4, 0.5) is 8.78 Å². The first kappa shape index (κ1) is 16.3. The van der Waals surface area contributed by atoms with Crippen LogP contribution in [0.1, 0.15) is 0 Å². The number of rotatable bonds is 7. The molecule has 1 amide bonds. The molecule has 2 aromatic carbocycles. The van der Waals surface area contributed by atoms with Gasteiger partial charge in [-0.3, -0.25) is 4.79 Å². The van der Waals surface area contributed by atoms with Crippen molar-refractivity contribution in [2.24, 2.45) is 0 Å². The van der Waals surface area contributed by atoms with Gasteiger partial charge in [0, 0.05) is 4.90 Å². The monoisotopic (exact) mass is 323 g/mol. The first-order valence-electron chi connectivity index (χ1n) is 6.67. The number of halogens is 2. The first-order chi connectivity index (χ1) is 10.6. The summed E-state index contributed by atoms with van der Waals surface area (Å²) < 4.78 is 31.2. The van der Waals surface area contributed by atoms with E-state index in [0.29, 0.717) is 18.0 Å². The van der Waals surface area contributed by atoms with Gasteiger partial charge >= 0.3 is 0 Å². The van der Waals surface area contributed by atoms with Crippen LogP contribution in [0.25, 0.3) is 0 Å². The second-order valence-electron chi connectivity index (χ2n) is 4.38. The molecule has 0 bridgehead atoms. The Hall–Kier alpha value is -2.08. The number of ether oxygens (including phenoxy) is 1. The number of hydrogen-bond acceptors (Lipinski definition) is 3. The largest absolute Gasteiger partial charge is 0.492 e. The molecule has 0 atom stereocenters. The molecule has 0 fully saturated rings. The third-order valence-corrected chi connectivity index (χ3v) is 3.69. The maximum atomic E-state index is 13.0. The van der Waals surface area contributed by atoms with E-state index < -0.39 is 11.6 Å². The van der Waals surface area contributed by atoms with Gasteiger partial charge in [-0.15, -0.1) is 11.8 Å². The molecule has 0 saturated carbocycles. The standard InChI is InChI=1S/C16H15F2NO2S/c17-14-7-6-13(10-15(14)18)22-11-16(20)19-8-9-21-12-4-2-1-3-5-12/h1-7,10H,8-9,11H2,(H,19,20). The van der Waals surface area contributed by atoms with E-state index in [4.69, 9.17) is 4.74 Å². The van der Waals surface area contributed by atoms with Crippen LogP contribution in [0.2, 0.25) is 0 Å². The van der Waals surface area contributed by atoms with Crippen molar-refractivity contribution in [2.45, 2.75) is 4.90 Å². The van der Waals surface area contributed by atoms with Crippen molar-refractivity contribution < 1.29 is 18.3 Å². The van der Waals surface area contributed by atoms with Gasteiger partial charge in [0.25, 0.3) is 0 Å². The van der Waals surface area contributed by atoms with E-state index in [9.17, 15) is 13.6 Å². The highest BCUT2D eigenvalue weighted by Gasteiger charge is 2.06. The van der Waals surface area contributed by atoms with Crippen LogP contribution < -0.4 is 10.1 Å². The number of carbonyl (C=O) groups is 1. The summed E-state index contributed by atoms with van der Waals surface area (Å²) in [6.45, 7) is 0.748. The minimum atomic E-state index is -0.915. The molecule has 0 aromatic heterocycles. The summed E-state index contributed by atoms with van der Waals surface area (Å²) in [5.74, 6) is -1.12. The molecule has 2 aromatic rings. The van der Waals surface area contributed by atoms with Crippen LogP contribution in [0, 0.1) is 11.6 Å². The van der Waals surface area contributed by atoms with E-state index in [-0.39, 0.29) is 11.7 Å². The summed E-state index contributed by atoms with van der Waals surface area (Å²) in [5.41, 5.74) is 0. The second kappa shape index (κ2) is 8.38.